The van der Waals surface area contributed by atoms with Crippen LogP contribution in [0, 0.1) is 11.6 Å². The molecule has 0 bridgehead atoms. The summed E-state index contributed by atoms with van der Waals surface area (Å²) in [4.78, 5) is 0. The number of aliphatic hydroxyl groups is 1. The molecule has 1 rings (SSSR count). The second-order valence-corrected chi connectivity index (χ2v) is 4.46. The summed E-state index contributed by atoms with van der Waals surface area (Å²) in [5.74, 6) is -1.55. The van der Waals surface area contributed by atoms with Crippen LogP contribution in [0.3, 0.4) is 0 Å². The topological polar surface area (TPSA) is 29.5 Å². The number of rotatable bonds is 5. The number of aliphatic hydroxyl groups excluding tert-OH is 1. The first-order chi connectivity index (χ1) is 8.02. The Balaban J connectivity index is 3.10. The molecule has 5 heteroatoms. The van der Waals surface area contributed by atoms with Gasteiger partial charge in [0.05, 0.1) is 16.1 Å². The van der Waals surface area contributed by atoms with Gasteiger partial charge in [0.25, 0.3) is 0 Å². The molecule has 0 aliphatic rings. The molecule has 0 aliphatic heterocycles. The van der Waals surface area contributed by atoms with Crippen molar-refractivity contribution in [3.63, 3.8) is 0 Å². The van der Waals surface area contributed by atoms with Crippen LogP contribution >= 0.6 is 15.9 Å². The van der Waals surface area contributed by atoms with Crippen molar-refractivity contribution in [2.24, 2.45) is 0 Å². The SMILES string of the molecule is CCOC(CC)C(O)c1c(F)ccc(Br)c1F. The number of halogens is 3. The van der Waals surface area contributed by atoms with E-state index in [0.29, 0.717) is 13.0 Å². The van der Waals surface area contributed by atoms with Crippen molar-refractivity contribution in [2.75, 3.05) is 6.61 Å². The Hall–Kier alpha value is -0.520. The zero-order valence-electron chi connectivity index (χ0n) is 9.71. The van der Waals surface area contributed by atoms with Crippen molar-refractivity contribution in [2.45, 2.75) is 32.5 Å². The summed E-state index contributed by atoms with van der Waals surface area (Å²) in [6.45, 7) is 3.94. The lowest BCUT2D eigenvalue weighted by atomic mass is 10.0. The zero-order valence-corrected chi connectivity index (χ0v) is 11.3. The van der Waals surface area contributed by atoms with Crippen molar-refractivity contribution >= 4 is 15.9 Å². The lowest BCUT2D eigenvalue weighted by Gasteiger charge is -2.22. The van der Waals surface area contributed by atoms with Gasteiger partial charge in [-0.15, -0.1) is 0 Å². The molecule has 96 valence electrons. The minimum absolute atomic E-state index is 0.124. The molecule has 0 aliphatic carbocycles. The monoisotopic (exact) mass is 308 g/mol. The van der Waals surface area contributed by atoms with Gasteiger partial charge in [0.15, 0.2) is 0 Å². The second kappa shape index (κ2) is 6.42. The molecule has 1 N–H and O–H groups in total. The summed E-state index contributed by atoms with van der Waals surface area (Å²) < 4.78 is 32.7. The van der Waals surface area contributed by atoms with E-state index >= 15 is 0 Å². The Kier molecular flexibility index (Phi) is 5.49. The molecular weight excluding hydrogens is 294 g/mol. The molecule has 0 saturated carbocycles. The Morgan fingerprint density at radius 3 is 2.53 bits per heavy atom. The maximum atomic E-state index is 13.7. The van der Waals surface area contributed by atoms with Gasteiger partial charge >= 0.3 is 0 Å². The molecule has 0 saturated heterocycles. The molecule has 0 heterocycles. The molecule has 0 radical (unpaired) electrons. The van der Waals surface area contributed by atoms with E-state index in [4.69, 9.17) is 4.74 Å². The average Bonchev–Trinajstić information content (AvgIpc) is 2.31. The van der Waals surface area contributed by atoms with E-state index in [1.165, 1.54) is 6.07 Å². The number of benzene rings is 1. The zero-order chi connectivity index (χ0) is 13.0. The van der Waals surface area contributed by atoms with Gasteiger partial charge in [-0.3, -0.25) is 0 Å². The molecule has 2 nitrogen and oxygen atoms in total. The van der Waals surface area contributed by atoms with E-state index in [2.05, 4.69) is 15.9 Å². The predicted octanol–water partition coefficient (Wildman–Crippen LogP) is 3.58. The minimum Gasteiger partial charge on any atom is -0.385 e. The molecule has 1 aromatic rings. The van der Waals surface area contributed by atoms with E-state index in [9.17, 15) is 13.9 Å². The Morgan fingerprint density at radius 1 is 1.35 bits per heavy atom. The van der Waals surface area contributed by atoms with Gasteiger partial charge in [-0.25, -0.2) is 8.78 Å². The van der Waals surface area contributed by atoms with Crippen molar-refractivity contribution < 1.29 is 18.6 Å². The van der Waals surface area contributed by atoms with Gasteiger partial charge in [-0.1, -0.05) is 6.92 Å². The number of hydrogen-bond donors (Lipinski definition) is 1. The van der Waals surface area contributed by atoms with Crippen LogP contribution in [0.4, 0.5) is 8.78 Å². The maximum absolute atomic E-state index is 13.7. The first-order valence-electron chi connectivity index (χ1n) is 5.45. The Morgan fingerprint density at radius 2 is 2.00 bits per heavy atom. The summed E-state index contributed by atoms with van der Waals surface area (Å²) in [7, 11) is 0. The Labute approximate surface area is 108 Å². The maximum Gasteiger partial charge on any atom is 0.146 e. The van der Waals surface area contributed by atoms with Crippen molar-refractivity contribution in [1.29, 1.82) is 0 Å². The fourth-order valence-electron chi connectivity index (χ4n) is 1.65. The molecule has 0 fully saturated rings. The highest BCUT2D eigenvalue weighted by Gasteiger charge is 2.26. The van der Waals surface area contributed by atoms with Crippen LogP contribution in [0.2, 0.25) is 0 Å². The third-order valence-corrected chi connectivity index (χ3v) is 3.12. The van der Waals surface area contributed by atoms with Crippen LogP contribution < -0.4 is 0 Å². The summed E-state index contributed by atoms with van der Waals surface area (Å²) >= 11 is 2.96. The third kappa shape index (κ3) is 3.24. The molecule has 0 spiro atoms. The molecule has 2 atom stereocenters. The van der Waals surface area contributed by atoms with E-state index in [1.807, 2.05) is 0 Å². The normalized spacial score (nSPS) is 14.7. The third-order valence-electron chi connectivity index (χ3n) is 2.51. The summed E-state index contributed by atoms with van der Waals surface area (Å²) in [5.41, 5.74) is -0.348. The van der Waals surface area contributed by atoms with Gasteiger partial charge in [0.2, 0.25) is 0 Å². The van der Waals surface area contributed by atoms with Gasteiger partial charge in [-0.2, -0.15) is 0 Å². The first-order valence-corrected chi connectivity index (χ1v) is 6.25. The summed E-state index contributed by atoms with van der Waals surface area (Å²) in [5, 5.41) is 9.97. The van der Waals surface area contributed by atoms with Gasteiger partial charge < -0.3 is 9.84 Å². The lowest BCUT2D eigenvalue weighted by molar-refractivity contribution is -0.0384. The molecular formula is C12H15BrF2O2. The molecule has 1 aromatic carbocycles. The quantitative estimate of drug-likeness (QED) is 0.843. The van der Waals surface area contributed by atoms with Crippen molar-refractivity contribution in [3.05, 3.63) is 33.8 Å². The van der Waals surface area contributed by atoms with Crippen LogP contribution in [0.15, 0.2) is 16.6 Å². The van der Waals surface area contributed by atoms with Gasteiger partial charge in [0, 0.05) is 6.61 Å². The fraction of sp³-hybridized carbons (Fsp3) is 0.500. The van der Waals surface area contributed by atoms with Gasteiger partial charge in [-0.05, 0) is 41.4 Å². The highest BCUT2D eigenvalue weighted by atomic mass is 79.9. The fourth-order valence-corrected chi connectivity index (χ4v) is 1.99. The van der Waals surface area contributed by atoms with Crippen molar-refractivity contribution in [1.82, 2.24) is 0 Å². The van der Waals surface area contributed by atoms with E-state index in [0.717, 1.165) is 6.07 Å². The number of ether oxygens (including phenoxy) is 1. The van der Waals surface area contributed by atoms with Crippen molar-refractivity contribution in [3.8, 4) is 0 Å². The molecule has 17 heavy (non-hydrogen) atoms. The van der Waals surface area contributed by atoms with Gasteiger partial charge in [0.1, 0.15) is 17.7 Å². The summed E-state index contributed by atoms with van der Waals surface area (Å²) in [6, 6.07) is 2.38. The standard InChI is InChI=1S/C12H15BrF2O2/c1-3-9(17-4-2)12(16)10-8(14)6-5-7(13)11(10)15/h5-6,9,12,16H,3-4H2,1-2H3. The smallest absolute Gasteiger partial charge is 0.146 e. The highest BCUT2D eigenvalue weighted by Crippen LogP contribution is 2.30. The lowest BCUT2D eigenvalue weighted by Crippen LogP contribution is -2.23. The predicted molar refractivity (Wildman–Crippen MR) is 64.7 cm³/mol. The molecule has 0 aromatic heterocycles. The average molecular weight is 309 g/mol. The van der Waals surface area contributed by atoms with Crippen LogP contribution in [0.1, 0.15) is 31.9 Å². The highest BCUT2D eigenvalue weighted by molar-refractivity contribution is 9.10. The minimum atomic E-state index is -1.31. The molecule has 2 unspecified atom stereocenters. The Bertz CT molecular complexity index is 385. The molecule has 0 amide bonds. The second-order valence-electron chi connectivity index (χ2n) is 3.60. The van der Waals surface area contributed by atoms with Crippen LogP contribution in [0.25, 0.3) is 0 Å². The van der Waals surface area contributed by atoms with Crippen LogP contribution in [-0.2, 0) is 4.74 Å². The largest absolute Gasteiger partial charge is 0.385 e. The van der Waals surface area contributed by atoms with E-state index < -0.39 is 23.8 Å². The van der Waals surface area contributed by atoms with Crippen LogP contribution in [0.5, 0.6) is 0 Å². The van der Waals surface area contributed by atoms with Crippen LogP contribution in [-0.4, -0.2) is 17.8 Å². The first kappa shape index (κ1) is 14.5. The van der Waals surface area contributed by atoms with E-state index in [1.54, 1.807) is 13.8 Å². The summed E-state index contributed by atoms with van der Waals surface area (Å²) in [6.07, 6.45) is -1.45. The number of hydrogen-bond acceptors (Lipinski definition) is 2. The van der Waals surface area contributed by atoms with E-state index in [-0.39, 0.29) is 10.0 Å².